The number of aryl methyl sites for hydroxylation is 1. The first kappa shape index (κ1) is 17.0. The van der Waals surface area contributed by atoms with Crippen LogP contribution < -0.4 is 5.32 Å². The van der Waals surface area contributed by atoms with Gasteiger partial charge in [0.15, 0.2) is 21.3 Å². The number of fused-ring (bicyclic) bond motifs is 1. The highest BCUT2D eigenvalue weighted by molar-refractivity contribution is 7.91. The summed E-state index contributed by atoms with van der Waals surface area (Å²) >= 11 is 0. The summed E-state index contributed by atoms with van der Waals surface area (Å²) in [5, 5.41) is 2.82. The molecule has 1 aromatic carbocycles. The smallest absolute Gasteiger partial charge is 0.251 e. The van der Waals surface area contributed by atoms with Gasteiger partial charge in [-0.3, -0.25) is 4.79 Å². The molecule has 1 atom stereocenters. The number of amides is 1. The van der Waals surface area contributed by atoms with Crippen LogP contribution in [0.4, 0.5) is 0 Å². The van der Waals surface area contributed by atoms with Crippen LogP contribution in [-0.2, 0) is 16.3 Å². The van der Waals surface area contributed by atoms with E-state index in [1.807, 2.05) is 0 Å². The fourth-order valence-electron chi connectivity index (χ4n) is 2.92. The van der Waals surface area contributed by atoms with Crippen LogP contribution in [0.3, 0.4) is 0 Å². The fraction of sp³-hybridized carbons (Fsp3) is 0.529. The summed E-state index contributed by atoms with van der Waals surface area (Å²) in [6.07, 6.45) is 3.50. The van der Waals surface area contributed by atoms with Gasteiger partial charge in [-0.05, 0) is 37.0 Å². The monoisotopic (exact) mass is 350 g/mol. The number of rotatable bonds is 6. The third kappa shape index (κ3) is 3.95. The molecule has 0 saturated carbocycles. The number of carbonyl (C=O) groups is 1. The molecular weight excluding hydrogens is 328 g/mol. The Morgan fingerprint density at radius 3 is 2.96 bits per heavy atom. The summed E-state index contributed by atoms with van der Waals surface area (Å²) < 4.78 is 28.6. The largest absolute Gasteiger partial charge is 0.441 e. The molecule has 1 saturated heterocycles. The number of nitrogens with one attached hydrogen (secondary N) is 1. The standard InChI is InChI=1S/C17H22N2O4S/c1-2-3-4-16-19-14-9-13(5-6-15(14)23-16)17(20)18-10-12-7-8-24(21,22)11-12/h5-6,9,12H,2-4,7-8,10-11H2,1H3,(H,18,20)/t12-/m1/s1. The van der Waals surface area contributed by atoms with E-state index in [0.717, 1.165) is 19.3 Å². The molecule has 0 unspecified atom stereocenters. The van der Waals surface area contributed by atoms with E-state index < -0.39 is 9.84 Å². The van der Waals surface area contributed by atoms with Gasteiger partial charge < -0.3 is 9.73 Å². The molecule has 2 heterocycles. The molecule has 1 aliphatic rings. The van der Waals surface area contributed by atoms with Gasteiger partial charge in [-0.25, -0.2) is 13.4 Å². The molecule has 1 aliphatic heterocycles. The Labute approximate surface area is 141 Å². The lowest BCUT2D eigenvalue weighted by Gasteiger charge is -2.09. The molecule has 2 aromatic rings. The summed E-state index contributed by atoms with van der Waals surface area (Å²) in [6.45, 7) is 2.50. The second-order valence-corrected chi connectivity index (χ2v) is 8.60. The van der Waals surface area contributed by atoms with E-state index >= 15 is 0 Å². The van der Waals surface area contributed by atoms with Crippen LogP contribution in [0, 0.1) is 5.92 Å². The summed E-state index contributed by atoms with van der Waals surface area (Å²) in [4.78, 5) is 16.7. The Morgan fingerprint density at radius 2 is 2.25 bits per heavy atom. The van der Waals surface area contributed by atoms with Gasteiger partial charge in [-0.1, -0.05) is 13.3 Å². The van der Waals surface area contributed by atoms with Crippen LogP contribution in [0.5, 0.6) is 0 Å². The zero-order chi connectivity index (χ0) is 17.2. The number of oxazole rings is 1. The van der Waals surface area contributed by atoms with E-state index in [2.05, 4.69) is 17.2 Å². The minimum Gasteiger partial charge on any atom is -0.441 e. The lowest BCUT2D eigenvalue weighted by molar-refractivity contribution is 0.0948. The van der Waals surface area contributed by atoms with Gasteiger partial charge in [0, 0.05) is 18.5 Å². The second-order valence-electron chi connectivity index (χ2n) is 6.37. The maximum absolute atomic E-state index is 12.3. The first-order chi connectivity index (χ1) is 11.5. The summed E-state index contributed by atoms with van der Waals surface area (Å²) in [5.74, 6) is 0.880. The molecule has 24 heavy (non-hydrogen) atoms. The Balaban J connectivity index is 1.64. The normalized spacial score (nSPS) is 19.6. The summed E-state index contributed by atoms with van der Waals surface area (Å²) in [7, 11) is -2.92. The van der Waals surface area contributed by atoms with Gasteiger partial charge in [-0.15, -0.1) is 0 Å². The molecule has 0 spiro atoms. The molecule has 1 N–H and O–H groups in total. The molecule has 3 rings (SSSR count). The fourth-order valence-corrected chi connectivity index (χ4v) is 4.79. The van der Waals surface area contributed by atoms with E-state index in [-0.39, 0.29) is 23.3 Å². The van der Waals surface area contributed by atoms with Gasteiger partial charge >= 0.3 is 0 Å². The van der Waals surface area contributed by atoms with E-state index in [1.54, 1.807) is 18.2 Å². The zero-order valence-corrected chi connectivity index (χ0v) is 14.6. The molecule has 6 nitrogen and oxygen atoms in total. The lowest BCUT2D eigenvalue weighted by Crippen LogP contribution is -2.29. The maximum atomic E-state index is 12.3. The molecule has 1 amide bonds. The van der Waals surface area contributed by atoms with Gasteiger partial charge in [0.1, 0.15) is 5.52 Å². The number of aromatic nitrogens is 1. The van der Waals surface area contributed by atoms with Crippen molar-refractivity contribution in [2.45, 2.75) is 32.6 Å². The molecule has 1 aromatic heterocycles. The van der Waals surface area contributed by atoms with E-state index in [0.29, 0.717) is 35.5 Å². The number of benzene rings is 1. The highest BCUT2D eigenvalue weighted by Gasteiger charge is 2.28. The molecule has 0 radical (unpaired) electrons. The minimum atomic E-state index is -2.92. The van der Waals surface area contributed by atoms with E-state index in [9.17, 15) is 13.2 Å². The number of hydrogen-bond acceptors (Lipinski definition) is 5. The Hall–Kier alpha value is -1.89. The molecule has 0 aliphatic carbocycles. The highest BCUT2D eigenvalue weighted by atomic mass is 32.2. The number of nitrogens with zero attached hydrogens (tertiary/aromatic N) is 1. The van der Waals surface area contributed by atoms with Crippen LogP contribution in [0.2, 0.25) is 0 Å². The van der Waals surface area contributed by atoms with Gasteiger partial charge in [0.25, 0.3) is 5.91 Å². The van der Waals surface area contributed by atoms with Crippen molar-refractivity contribution in [3.63, 3.8) is 0 Å². The van der Waals surface area contributed by atoms with E-state index in [1.165, 1.54) is 0 Å². The molecule has 7 heteroatoms. The molecular formula is C17H22N2O4S. The van der Waals surface area contributed by atoms with Crippen LogP contribution >= 0.6 is 0 Å². The number of sulfone groups is 1. The van der Waals surface area contributed by atoms with E-state index in [4.69, 9.17) is 4.42 Å². The van der Waals surface area contributed by atoms with Crippen LogP contribution in [-0.4, -0.2) is 37.4 Å². The maximum Gasteiger partial charge on any atom is 0.251 e. The summed E-state index contributed by atoms with van der Waals surface area (Å²) in [6, 6.07) is 5.18. The third-order valence-electron chi connectivity index (χ3n) is 4.32. The second kappa shape index (κ2) is 6.93. The average Bonchev–Trinajstić information content (AvgIpc) is 3.12. The zero-order valence-electron chi connectivity index (χ0n) is 13.7. The van der Waals surface area contributed by atoms with Crippen molar-refractivity contribution in [3.8, 4) is 0 Å². The van der Waals surface area contributed by atoms with Crippen molar-refractivity contribution in [2.24, 2.45) is 5.92 Å². The van der Waals surface area contributed by atoms with Crippen molar-refractivity contribution in [3.05, 3.63) is 29.7 Å². The number of unbranched alkanes of at least 4 members (excludes halogenated alkanes) is 1. The topological polar surface area (TPSA) is 89.3 Å². The third-order valence-corrected chi connectivity index (χ3v) is 6.15. The molecule has 0 bridgehead atoms. The van der Waals surface area contributed by atoms with Gasteiger partial charge in [0.2, 0.25) is 0 Å². The van der Waals surface area contributed by atoms with Crippen LogP contribution in [0.15, 0.2) is 22.6 Å². The SMILES string of the molecule is CCCCc1nc2cc(C(=O)NC[C@H]3CCS(=O)(=O)C3)ccc2o1. The predicted octanol–water partition coefficient (Wildman–Crippen LogP) is 2.33. The van der Waals surface area contributed by atoms with Gasteiger partial charge in [-0.2, -0.15) is 0 Å². The minimum absolute atomic E-state index is 0.00961. The lowest BCUT2D eigenvalue weighted by atomic mass is 10.1. The Morgan fingerprint density at radius 1 is 1.42 bits per heavy atom. The van der Waals surface area contributed by atoms with Crippen molar-refractivity contribution in [1.82, 2.24) is 10.3 Å². The van der Waals surface area contributed by atoms with Crippen molar-refractivity contribution < 1.29 is 17.6 Å². The molecule has 1 fully saturated rings. The quantitative estimate of drug-likeness (QED) is 0.864. The van der Waals surface area contributed by atoms with Crippen molar-refractivity contribution >= 4 is 26.8 Å². The van der Waals surface area contributed by atoms with Crippen molar-refractivity contribution in [1.29, 1.82) is 0 Å². The van der Waals surface area contributed by atoms with Crippen LogP contribution in [0.25, 0.3) is 11.1 Å². The first-order valence-corrected chi connectivity index (χ1v) is 10.2. The van der Waals surface area contributed by atoms with Crippen LogP contribution in [0.1, 0.15) is 42.4 Å². The Bertz CT molecular complexity index is 841. The predicted molar refractivity (Wildman–Crippen MR) is 91.7 cm³/mol. The highest BCUT2D eigenvalue weighted by Crippen LogP contribution is 2.20. The summed E-state index contributed by atoms with van der Waals surface area (Å²) in [5.41, 5.74) is 1.87. The Kier molecular flexibility index (Phi) is 4.89. The first-order valence-electron chi connectivity index (χ1n) is 8.35. The average molecular weight is 350 g/mol. The van der Waals surface area contributed by atoms with Gasteiger partial charge in [0.05, 0.1) is 11.5 Å². The number of carbonyl (C=O) groups excluding carboxylic acids is 1. The number of hydrogen-bond donors (Lipinski definition) is 1. The van der Waals surface area contributed by atoms with Crippen molar-refractivity contribution in [2.75, 3.05) is 18.1 Å². The molecule has 130 valence electrons.